The van der Waals surface area contributed by atoms with Gasteiger partial charge < -0.3 is 35.2 Å². The fraction of sp³-hybridized carbons (Fsp3) is 0.552. The standard InChI is InChI=1S/C29H36N4O14/c1-13(31(8-10-46-32(42)43)9-11-47-33(44)45)12-17(35)20-26(38)23(30(3)4)22-25(37)18-14(2)15-6-5-7-16(34)19(15)24(36)21(18)28(40)29(22,41)27(20)39/h5-7,13-14,18,22-23,25,34,37-38,40-41H,8-12H2,1-4H3/t13?,14-,18+,22+,23-,25-,29+/m0/s1. The number of hydrogen-bond donors (Lipinski definition) is 5. The number of aromatic hydroxyl groups is 1. The zero-order valence-corrected chi connectivity index (χ0v) is 25.9. The lowest BCUT2D eigenvalue weighted by Gasteiger charge is -2.53. The number of aliphatic hydroxyl groups is 4. The van der Waals surface area contributed by atoms with E-state index in [-0.39, 0.29) is 18.7 Å². The molecule has 0 saturated carbocycles. The second-order valence-corrected chi connectivity index (χ2v) is 12.1. The van der Waals surface area contributed by atoms with E-state index in [1.807, 2.05) is 0 Å². The predicted molar refractivity (Wildman–Crippen MR) is 157 cm³/mol. The van der Waals surface area contributed by atoms with Crippen molar-refractivity contribution in [2.75, 3.05) is 40.4 Å². The molecule has 1 aromatic rings. The average molecular weight is 665 g/mol. The van der Waals surface area contributed by atoms with Crippen molar-refractivity contribution < 1.29 is 59.8 Å². The third-order valence-corrected chi connectivity index (χ3v) is 9.28. The maximum atomic E-state index is 14.1. The number of nitrogens with zero attached hydrogens (tertiary/aromatic N) is 4. The molecule has 0 heterocycles. The summed E-state index contributed by atoms with van der Waals surface area (Å²) >= 11 is 0. The number of hydrogen-bond acceptors (Lipinski definition) is 16. The fourth-order valence-electron chi connectivity index (χ4n) is 7.13. The van der Waals surface area contributed by atoms with Crippen LogP contribution in [-0.2, 0) is 19.3 Å². The molecule has 0 bridgehead atoms. The van der Waals surface area contributed by atoms with Gasteiger partial charge >= 0.3 is 0 Å². The molecule has 256 valence electrons. The second kappa shape index (κ2) is 13.2. The highest BCUT2D eigenvalue weighted by Gasteiger charge is 2.67. The van der Waals surface area contributed by atoms with Crippen LogP contribution in [0.5, 0.6) is 5.75 Å². The Balaban J connectivity index is 1.76. The Morgan fingerprint density at radius 3 is 2.17 bits per heavy atom. The lowest BCUT2D eigenvalue weighted by atomic mass is 9.55. The molecule has 5 N–H and O–H groups in total. The molecule has 0 spiro atoms. The molecule has 1 aromatic carbocycles. The van der Waals surface area contributed by atoms with Crippen molar-refractivity contribution in [3.8, 4) is 5.75 Å². The number of likely N-dealkylation sites (N-methyl/N-ethyl adjacent to an activating group) is 1. The van der Waals surface area contributed by atoms with Crippen LogP contribution >= 0.6 is 0 Å². The Hall–Kier alpha value is -4.65. The maximum Gasteiger partial charge on any atom is 0.294 e. The molecule has 0 amide bonds. The van der Waals surface area contributed by atoms with Gasteiger partial charge in [-0.1, -0.05) is 19.1 Å². The van der Waals surface area contributed by atoms with Gasteiger partial charge in [0.15, 0.2) is 17.2 Å². The van der Waals surface area contributed by atoms with E-state index in [9.17, 15) is 60.1 Å². The third kappa shape index (κ3) is 5.99. The molecule has 47 heavy (non-hydrogen) atoms. The minimum Gasteiger partial charge on any atom is -0.510 e. The van der Waals surface area contributed by atoms with Crippen LogP contribution in [0.3, 0.4) is 0 Å². The van der Waals surface area contributed by atoms with Crippen molar-refractivity contribution in [1.29, 1.82) is 0 Å². The number of benzene rings is 1. The van der Waals surface area contributed by atoms with Gasteiger partial charge in [-0.2, -0.15) is 0 Å². The minimum absolute atomic E-state index is 0.176. The van der Waals surface area contributed by atoms with E-state index in [0.717, 1.165) is 0 Å². The Morgan fingerprint density at radius 1 is 1.06 bits per heavy atom. The molecule has 3 aliphatic rings. The number of rotatable bonds is 13. The van der Waals surface area contributed by atoms with Gasteiger partial charge in [0.1, 0.15) is 36.1 Å². The Labute approximate surface area is 267 Å². The highest BCUT2D eigenvalue weighted by molar-refractivity contribution is 6.26. The SMILES string of the molecule is CC(CC(=O)C1=C(O)[C@@H](N(C)C)[C@@H]2[C@@H](O)[C@H]3C(=C(O)[C@]2(O)C1=O)C(=O)c1c(O)cccc1[C@@H]3C)N(CCO[N+](=O)[O-])CCO[N+](=O)[O-]. The number of phenolic OH excluding ortho intramolecular Hbond substituents is 1. The van der Waals surface area contributed by atoms with E-state index in [2.05, 4.69) is 9.68 Å². The van der Waals surface area contributed by atoms with Crippen LogP contribution in [0.2, 0.25) is 0 Å². The molecule has 0 fully saturated rings. The van der Waals surface area contributed by atoms with Crippen LogP contribution in [-0.4, -0.2) is 127 Å². The first-order valence-electron chi connectivity index (χ1n) is 14.6. The highest BCUT2D eigenvalue weighted by Crippen LogP contribution is 2.55. The molecule has 18 nitrogen and oxygen atoms in total. The molecular formula is C29H36N4O14. The summed E-state index contributed by atoms with van der Waals surface area (Å²) in [6.07, 6.45) is -2.28. The molecular weight excluding hydrogens is 628 g/mol. The second-order valence-electron chi connectivity index (χ2n) is 12.1. The highest BCUT2D eigenvalue weighted by atomic mass is 17.0. The molecule has 0 radical (unpaired) electrons. The Morgan fingerprint density at radius 2 is 1.64 bits per heavy atom. The zero-order valence-electron chi connectivity index (χ0n) is 25.9. The van der Waals surface area contributed by atoms with Crippen molar-refractivity contribution in [2.24, 2.45) is 11.8 Å². The van der Waals surface area contributed by atoms with Gasteiger partial charge in [-0.15, -0.1) is 20.2 Å². The van der Waals surface area contributed by atoms with Crippen molar-refractivity contribution in [3.63, 3.8) is 0 Å². The van der Waals surface area contributed by atoms with Crippen molar-refractivity contribution >= 4 is 17.3 Å². The van der Waals surface area contributed by atoms with Crippen molar-refractivity contribution in [1.82, 2.24) is 9.80 Å². The van der Waals surface area contributed by atoms with E-state index < -0.39 is 117 Å². The molecule has 0 saturated heterocycles. The summed E-state index contributed by atoms with van der Waals surface area (Å²) in [4.78, 5) is 74.1. The summed E-state index contributed by atoms with van der Waals surface area (Å²) in [6.45, 7) is 1.74. The van der Waals surface area contributed by atoms with Gasteiger partial charge in [-0.25, -0.2) is 0 Å². The van der Waals surface area contributed by atoms with E-state index in [4.69, 9.17) is 0 Å². The molecule has 7 atom stereocenters. The topological polar surface area (TPSA) is 264 Å². The quantitative estimate of drug-likeness (QED) is 0.107. The first-order valence-corrected chi connectivity index (χ1v) is 14.6. The number of phenols is 1. The summed E-state index contributed by atoms with van der Waals surface area (Å²) in [5.74, 6) is -9.28. The number of fused-ring (bicyclic) bond motifs is 3. The molecule has 1 unspecified atom stereocenters. The van der Waals surface area contributed by atoms with Crippen LogP contribution in [0.25, 0.3) is 0 Å². The van der Waals surface area contributed by atoms with Crippen molar-refractivity contribution in [2.45, 2.75) is 50.0 Å². The number of Topliss-reactive ketones (excluding diaryl/α,β-unsaturated/α-hetero) is 3. The predicted octanol–water partition coefficient (Wildman–Crippen LogP) is 0.233. The summed E-state index contributed by atoms with van der Waals surface area (Å²) < 4.78 is 0. The van der Waals surface area contributed by atoms with Gasteiger partial charge in [0.25, 0.3) is 10.2 Å². The molecule has 18 heteroatoms. The monoisotopic (exact) mass is 664 g/mol. The van der Waals surface area contributed by atoms with Gasteiger partial charge in [-0.05, 0) is 38.6 Å². The maximum absolute atomic E-state index is 14.1. The first-order chi connectivity index (χ1) is 22.0. The van der Waals surface area contributed by atoms with Gasteiger partial charge in [-0.3, -0.25) is 24.2 Å². The lowest BCUT2D eigenvalue weighted by molar-refractivity contribution is -0.758. The average Bonchev–Trinajstić information content (AvgIpc) is 2.97. The molecule has 0 aliphatic heterocycles. The lowest BCUT2D eigenvalue weighted by Crippen LogP contribution is -2.68. The van der Waals surface area contributed by atoms with Crippen LogP contribution in [0.1, 0.15) is 42.1 Å². The van der Waals surface area contributed by atoms with Crippen LogP contribution in [0, 0.1) is 32.1 Å². The summed E-state index contributed by atoms with van der Waals surface area (Å²) in [5.41, 5.74) is -4.28. The van der Waals surface area contributed by atoms with Gasteiger partial charge in [0, 0.05) is 37.0 Å². The van der Waals surface area contributed by atoms with Crippen LogP contribution in [0.4, 0.5) is 0 Å². The molecule has 3 aliphatic carbocycles. The summed E-state index contributed by atoms with van der Waals surface area (Å²) in [5, 5.41) is 76.5. The summed E-state index contributed by atoms with van der Waals surface area (Å²) in [6, 6.07) is 2.02. The van der Waals surface area contributed by atoms with Crippen LogP contribution < -0.4 is 0 Å². The van der Waals surface area contributed by atoms with E-state index in [1.54, 1.807) is 13.0 Å². The number of ketones is 3. The molecule has 0 aromatic heterocycles. The normalized spacial score (nSPS) is 27.7. The third-order valence-electron chi connectivity index (χ3n) is 9.28. The fourth-order valence-corrected chi connectivity index (χ4v) is 7.13. The molecule has 4 rings (SSSR count). The summed E-state index contributed by atoms with van der Waals surface area (Å²) in [7, 11) is 2.89. The number of aliphatic hydroxyl groups excluding tert-OH is 3. The van der Waals surface area contributed by atoms with E-state index in [0.29, 0.717) is 5.56 Å². The number of carbonyl (C=O) groups excluding carboxylic acids is 3. The van der Waals surface area contributed by atoms with E-state index in [1.165, 1.54) is 43.0 Å². The van der Waals surface area contributed by atoms with Crippen molar-refractivity contribution in [3.05, 3.63) is 72.2 Å². The number of carbonyl (C=O) groups is 3. The first kappa shape index (κ1) is 35.2. The zero-order chi connectivity index (χ0) is 35.1. The Kier molecular flexibility index (Phi) is 9.91. The van der Waals surface area contributed by atoms with Crippen LogP contribution in [0.15, 0.2) is 40.9 Å². The largest absolute Gasteiger partial charge is 0.510 e. The Bertz CT molecular complexity index is 1540. The van der Waals surface area contributed by atoms with Gasteiger partial charge in [0.05, 0.1) is 23.6 Å². The van der Waals surface area contributed by atoms with E-state index >= 15 is 0 Å². The smallest absolute Gasteiger partial charge is 0.294 e. The van der Waals surface area contributed by atoms with Gasteiger partial charge in [0.2, 0.25) is 5.78 Å². The minimum atomic E-state index is -3.06.